The first-order chi connectivity index (χ1) is 10.3. The van der Waals surface area contributed by atoms with Crippen LogP contribution in [0.4, 0.5) is 0 Å². The predicted octanol–water partition coefficient (Wildman–Crippen LogP) is 3.69. The molecule has 2 aromatic rings. The lowest BCUT2D eigenvalue weighted by Gasteiger charge is -2.22. The van der Waals surface area contributed by atoms with Crippen LogP contribution < -0.4 is 10.1 Å². The number of hydrogen-bond donors (Lipinski definition) is 1. The Hall–Kier alpha value is -1.80. The third-order valence-corrected chi connectivity index (χ3v) is 4.34. The van der Waals surface area contributed by atoms with Crippen LogP contribution in [0.15, 0.2) is 48.5 Å². The molecule has 1 heterocycles. The van der Waals surface area contributed by atoms with Crippen LogP contribution in [0.5, 0.6) is 5.75 Å². The number of ether oxygens (including phenoxy) is 1. The van der Waals surface area contributed by atoms with Gasteiger partial charge in [0, 0.05) is 18.9 Å². The highest BCUT2D eigenvalue weighted by molar-refractivity contribution is 5.37. The Balaban J connectivity index is 1.74. The van der Waals surface area contributed by atoms with E-state index < -0.39 is 0 Å². The van der Waals surface area contributed by atoms with Crippen LogP contribution in [0.25, 0.3) is 0 Å². The quantitative estimate of drug-likeness (QED) is 0.902. The number of benzene rings is 2. The van der Waals surface area contributed by atoms with E-state index in [0.717, 1.165) is 25.1 Å². The number of rotatable bonds is 5. The molecule has 0 saturated heterocycles. The Morgan fingerprint density at radius 1 is 1.14 bits per heavy atom. The van der Waals surface area contributed by atoms with Gasteiger partial charge in [-0.25, -0.2) is 0 Å². The van der Waals surface area contributed by atoms with Gasteiger partial charge in [-0.2, -0.15) is 0 Å². The zero-order chi connectivity index (χ0) is 14.7. The SMILES string of the molecule is CNCC(CC1Cc2ccccc2O1)c1ccccc1C. The van der Waals surface area contributed by atoms with Crippen LogP contribution in [0.1, 0.15) is 29.0 Å². The fourth-order valence-electron chi connectivity index (χ4n) is 3.31. The Labute approximate surface area is 127 Å². The molecule has 0 aliphatic carbocycles. The topological polar surface area (TPSA) is 21.3 Å². The molecule has 0 spiro atoms. The second kappa shape index (κ2) is 6.31. The maximum absolute atomic E-state index is 6.12. The van der Waals surface area contributed by atoms with Crippen molar-refractivity contribution in [2.24, 2.45) is 0 Å². The standard InChI is InChI=1S/C19H23NO/c1-14-7-3-5-9-18(14)16(13-20-2)12-17-11-15-8-4-6-10-19(15)21-17/h3-10,16-17,20H,11-13H2,1-2H3. The van der Waals surface area contributed by atoms with Crippen molar-refractivity contribution in [2.75, 3.05) is 13.6 Å². The maximum atomic E-state index is 6.12. The monoisotopic (exact) mass is 281 g/mol. The summed E-state index contributed by atoms with van der Waals surface area (Å²) in [4.78, 5) is 0. The van der Waals surface area contributed by atoms with Crippen molar-refractivity contribution in [1.29, 1.82) is 0 Å². The molecule has 110 valence electrons. The Morgan fingerprint density at radius 2 is 1.90 bits per heavy atom. The van der Waals surface area contributed by atoms with Crippen molar-refractivity contribution < 1.29 is 4.74 Å². The summed E-state index contributed by atoms with van der Waals surface area (Å²) >= 11 is 0. The lowest BCUT2D eigenvalue weighted by Crippen LogP contribution is -2.24. The zero-order valence-electron chi connectivity index (χ0n) is 12.8. The van der Waals surface area contributed by atoms with Gasteiger partial charge in [-0.05, 0) is 43.1 Å². The Bertz CT molecular complexity index is 583. The van der Waals surface area contributed by atoms with Gasteiger partial charge in [0.15, 0.2) is 0 Å². The molecule has 0 amide bonds. The molecule has 1 N–H and O–H groups in total. The van der Waals surface area contributed by atoms with Gasteiger partial charge in [0.25, 0.3) is 0 Å². The summed E-state index contributed by atoms with van der Waals surface area (Å²) < 4.78 is 6.12. The van der Waals surface area contributed by atoms with Crippen molar-refractivity contribution in [3.05, 3.63) is 65.2 Å². The van der Waals surface area contributed by atoms with Crippen LogP contribution >= 0.6 is 0 Å². The van der Waals surface area contributed by atoms with E-state index in [2.05, 4.69) is 54.7 Å². The number of nitrogens with one attached hydrogen (secondary N) is 1. The summed E-state index contributed by atoms with van der Waals surface area (Å²) in [6, 6.07) is 17.1. The molecule has 1 aliphatic rings. The summed E-state index contributed by atoms with van der Waals surface area (Å²) in [6.45, 7) is 3.18. The molecule has 0 fully saturated rings. The molecule has 2 heteroatoms. The van der Waals surface area contributed by atoms with Crippen molar-refractivity contribution in [3.63, 3.8) is 0 Å². The number of hydrogen-bond acceptors (Lipinski definition) is 2. The van der Waals surface area contributed by atoms with Crippen LogP contribution in [-0.4, -0.2) is 19.7 Å². The van der Waals surface area contributed by atoms with E-state index in [9.17, 15) is 0 Å². The van der Waals surface area contributed by atoms with Crippen molar-refractivity contribution >= 4 is 0 Å². The van der Waals surface area contributed by atoms with E-state index in [0.29, 0.717) is 12.0 Å². The van der Waals surface area contributed by atoms with Crippen molar-refractivity contribution in [1.82, 2.24) is 5.32 Å². The van der Waals surface area contributed by atoms with E-state index in [1.165, 1.54) is 16.7 Å². The van der Waals surface area contributed by atoms with Gasteiger partial charge >= 0.3 is 0 Å². The minimum Gasteiger partial charge on any atom is -0.490 e. The number of para-hydroxylation sites is 1. The summed E-state index contributed by atoms with van der Waals surface area (Å²) in [7, 11) is 2.02. The maximum Gasteiger partial charge on any atom is 0.123 e. The zero-order valence-corrected chi connectivity index (χ0v) is 12.8. The van der Waals surface area contributed by atoms with Gasteiger partial charge in [0.05, 0.1) is 0 Å². The number of likely N-dealkylation sites (N-methyl/N-ethyl adjacent to an activating group) is 1. The molecule has 2 atom stereocenters. The average molecular weight is 281 g/mol. The van der Waals surface area contributed by atoms with E-state index in [1.807, 2.05) is 13.1 Å². The molecule has 0 aromatic heterocycles. The van der Waals surface area contributed by atoms with Crippen LogP contribution in [0.2, 0.25) is 0 Å². The molecule has 3 rings (SSSR count). The summed E-state index contributed by atoms with van der Waals surface area (Å²) in [6.07, 6.45) is 2.38. The second-order valence-electron chi connectivity index (χ2n) is 5.90. The fraction of sp³-hybridized carbons (Fsp3) is 0.368. The van der Waals surface area contributed by atoms with Crippen LogP contribution in [-0.2, 0) is 6.42 Å². The summed E-state index contributed by atoms with van der Waals surface area (Å²) in [5.74, 6) is 1.56. The molecule has 21 heavy (non-hydrogen) atoms. The highest BCUT2D eigenvalue weighted by atomic mass is 16.5. The van der Waals surface area contributed by atoms with E-state index in [-0.39, 0.29) is 0 Å². The minimum atomic E-state index is 0.292. The lowest BCUT2D eigenvalue weighted by molar-refractivity contribution is 0.209. The lowest BCUT2D eigenvalue weighted by atomic mass is 9.89. The average Bonchev–Trinajstić information content (AvgIpc) is 2.89. The van der Waals surface area contributed by atoms with Crippen LogP contribution in [0.3, 0.4) is 0 Å². The van der Waals surface area contributed by atoms with Gasteiger partial charge in [0.2, 0.25) is 0 Å². The third-order valence-electron chi connectivity index (χ3n) is 4.34. The molecule has 2 unspecified atom stereocenters. The van der Waals surface area contributed by atoms with Gasteiger partial charge < -0.3 is 10.1 Å². The van der Waals surface area contributed by atoms with E-state index in [1.54, 1.807) is 0 Å². The van der Waals surface area contributed by atoms with Gasteiger partial charge in [-0.3, -0.25) is 0 Å². The minimum absolute atomic E-state index is 0.292. The van der Waals surface area contributed by atoms with E-state index in [4.69, 9.17) is 4.74 Å². The first-order valence-electron chi connectivity index (χ1n) is 7.72. The van der Waals surface area contributed by atoms with Gasteiger partial charge in [-0.15, -0.1) is 0 Å². The van der Waals surface area contributed by atoms with Gasteiger partial charge in [-0.1, -0.05) is 42.5 Å². The first kappa shape index (κ1) is 14.2. The predicted molar refractivity (Wildman–Crippen MR) is 87.0 cm³/mol. The summed E-state index contributed by atoms with van der Waals surface area (Å²) in [5.41, 5.74) is 4.15. The highest BCUT2D eigenvalue weighted by Gasteiger charge is 2.26. The Kier molecular flexibility index (Phi) is 4.26. The molecule has 0 bridgehead atoms. The molecule has 2 nitrogen and oxygen atoms in total. The van der Waals surface area contributed by atoms with Crippen molar-refractivity contribution in [3.8, 4) is 5.75 Å². The summed E-state index contributed by atoms with van der Waals surface area (Å²) in [5, 5.41) is 3.33. The smallest absolute Gasteiger partial charge is 0.123 e. The molecule has 1 aliphatic heterocycles. The molecule has 0 saturated carbocycles. The van der Waals surface area contributed by atoms with Gasteiger partial charge in [0.1, 0.15) is 11.9 Å². The molecule has 2 aromatic carbocycles. The number of aryl methyl sites for hydroxylation is 1. The fourth-order valence-corrected chi connectivity index (χ4v) is 3.31. The third kappa shape index (κ3) is 3.11. The molecular weight excluding hydrogens is 258 g/mol. The Morgan fingerprint density at radius 3 is 2.67 bits per heavy atom. The van der Waals surface area contributed by atoms with Crippen LogP contribution in [0, 0.1) is 6.92 Å². The second-order valence-corrected chi connectivity index (χ2v) is 5.90. The molecular formula is C19H23NO. The van der Waals surface area contributed by atoms with E-state index >= 15 is 0 Å². The first-order valence-corrected chi connectivity index (χ1v) is 7.72. The largest absolute Gasteiger partial charge is 0.490 e. The number of fused-ring (bicyclic) bond motifs is 1. The normalized spacial score (nSPS) is 18.1. The van der Waals surface area contributed by atoms with Crippen molar-refractivity contribution in [2.45, 2.75) is 31.8 Å². The highest BCUT2D eigenvalue weighted by Crippen LogP contribution is 2.33. The molecule has 0 radical (unpaired) electrons.